The molecule has 0 saturated heterocycles. The van der Waals surface area contributed by atoms with E-state index in [0.717, 1.165) is 5.39 Å². The Labute approximate surface area is 96.7 Å². The minimum Gasteiger partial charge on any atom is -0.497 e. The number of nitrogens with one attached hydrogen (secondary N) is 1. The Morgan fingerprint density at radius 3 is 2.82 bits per heavy atom. The van der Waals surface area contributed by atoms with Crippen LogP contribution in [-0.2, 0) is 11.2 Å². The van der Waals surface area contributed by atoms with E-state index in [1.807, 2.05) is 0 Å². The molecular formula is C12H11NO4. The number of carbonyl (C=O) groups is 1. The SMILES string of the molecule is COc1ccc2cc(CC(=O)O)c(=O)[nH]c2c1. The van der Waals surface area contributed by atoms with Gasteiger partial charge in [-0.3, -0.25) is 9.59 Å². The molecular weight excluding hydrogens is 222 g/mol. The van der Waals surface area contributed by atoms with Crippen LogP contribution in [0.5, 0.6) is 5.75 Å². The fraction of sp³-hybridized carbons (Fsp3) is 0.167. The van der Waals surface area contributed by atoms with E-state index >= 15 is 0 Å². The molecule has 2 N–H and O–H groups in total. The number of aromatic amines is 1. The predicted molar refractivity (Wildman–Crippen MR) is 62.5 cm³/mol. The highest BCUT2D eigenvalue weighted by atomic mass is 16.5. The minimum atomic E-state index is -1.02. The highest BCUT2D eigenvalue weighted by Crippen LogP contribution is 2.18. The summed E-state index contributed by atoms with van der Waals surface area (Å²) >= 11 is 0. The van der Waals surface area contributed by atoms with E-state index in [1.165, 1.54) is 7.11 Å². The van der Waals surface area contributed by atoms with Crippen LogP contribution in [0, 0.1) is 0 Å². The van der Waals surface area contributed by atoms with Crippen molar-refractivity contribution in [3.8, 4) is 5.75 Å². The van der Waals surface area contributed by atoms with Gasteiger partial charge in [0, 0.05) is 11.6 Å². The molecule has 2 aromatic rings. The number of methoxy groups -OCH3 is 1. The van der Waals surface area contributed by atoms with Gasteiger partial charge in [0.2, 0.25) is 0 Å². The Bertz CT molecular complexity index is 630. The third-order valence-corrected chi connectivity index (χ3v) is 2.47. The molecule has 0 aliphatic heterocycles. The fourth-order valence-electron chi connectivity index (χ4n) is 1.65. The molecule has 0 aliphatic carbocycles. The summed E-state index contributed by atoms with van der Waals surface area (Å²) in [4.78, 5) is 24.8. The van der Waals surface area contributed by atoms with Crippen molar-refractivity contribution in [2.24, 2.45) is 0 Å². The van der Waals surface area contributed by atoms with Crippen molar-refractivity contribution in [2.75, 3.05) is 7.11 Å². The number of fused-ring (bicyclic) bond motifs is 1. The summed E-state index contributed by atoms with van der Waals surface area (Å²) in [5, 5.41) is 9.45. The van der Waals surface area contributed by atoms with Crippen LogP contribution in [0.3, 0.4) is 0 Å². The van der Waals surface area contributed by atoms with E-state index < -0.39 is 5.97 Å². The number of hydrogen-bond donors (Lipinski definition) is 2. The smallest absolute Gasteiger partial charge is 0.308 e. The summed E-state index contributed by atoms with van der Waals surface area (Å²) in [7, 11) is 1.54. The molecule has 0 unspecified atom stereocenters. The molecule has 0 amide bonds. The van der Waals surface area contributed by atoms with Crippen LogP contribution in [0.15, 0.2) is 29.1 Å². The summed E-state index contributed by atoms with van der Waals surface area (Å²) in [6.45, 7) is 0. The molecule has 1 aromatic carbocycles. The van der Waals surface area contributed by atoms with Gasteiger partial charge in [-0.05, 0) is 23.6 Å². The molecule has 88 valence electrons. The van der Waals surface area contributed by atoms with Crippen molar-refractivity contribution in [3.05, 3.63) is 40.2 Å². The zero-order valence-electron chi connectivity index (χ0n) is 9.19. The normalized spacial score (nSPS) is 10.4. The first kappa shape index (κ1) is 11.2. The average molecular weight is 233 g/mol. The highest BCUT2D eigenvalue weighted by molar-refractivity contribution is 5.81. The molecule has 0 aliphatic rings. The van der Waals surface area contributed by atoms with Crippen molar-refractivity contribution >= 4 is 16.9 Å². The quantitative estimate of drug-likeness (QED) is 0.833. The number of pyridine rings is 1. The summed E-state index contributed by atoms with van der Waals surface area (Å²) in [6.07, 6.45) is -0.280. The Hall–Kier alpha value is -2.30. The van der Waals surface area contributed by atoms with Crippen LogP contribution in [-0.4, -0.2) is 23.2 Å². The van der Waals surface area contributed by atoms with Crippen LogP contribution in [0.25, 0.3) is 10.9 Å². The fourth-order valence-corrected chi connectivity index (χ4v) is 1.65. The zero-order valence-corrected chi connectivity index (χ0v) is 9.19. The predicted octanol–water partition coefficient (Wildman–Crippen LogP) is 1.16. The maximum Gasteiger partial charge on any atom is 0.308 e. The third-order valence-electron chi connectivity index (χ3n) is 2.47. The summed E-state index contributed by atoms with van der Waals surface area (Å²) in [5.74, 6) is -0.387. The zero-order chi connectivity index (χ0) is 12.4. The van der Waals surface area contributed by atoms with E-state index in [1.54, 1.807) is 24.3 Å². The Morgan fingerprint density at radius 2 is 2.18 bits per heavy atom. The van der Waals surface area contributed by atoms with E-state index in [9.17, 15) is 9.59 Å². The standard InChI is InChI=1S/C12H11NO4/c1-17-9-3-2-7-4-8(5-11(14)15)12(16)13-10(7)6-9/h2-4,6H,5H2,1H3,(H,13,16)(H,14,15). The molecule has 1 aromatic heterocycles. The molecule has 0 fully saturated rings. The lowest BCUT2D eigenvalue weighted by atomic mass is 10.1. The van der Waals surface area contributed by atoms with Gasteiger partial charge in [0.05, 0.1) is 19.0 Å². The lowest BCUT2D eigenvalue weighted by Crippen LogP contribution is -2.15. The molecule has 17 heavy (non-hydrogen) atoms. The Kier molecular flexibility index (Phi) is 2.82. The molecule has 0 atom stereocenters. The number of carboxylic acids is 1. The van der Waals surface area contributed by atoms with Crippen LogP contribution < -0.4 is 10.3 Å². The van der Waals surface area contributed by atoms with Gasteiger partial charge in [-0.15, -0.1) is 0 Å². The molecule has 0 radical (unpaired) electrons. The van der Waals surface area contributed by atoms with Gasteiger partial charge in [0.1, 0.15) is 5.75 Å². The molecule has 5 heteroatoms. The largest absolute Gasteiger partial charge is 0.497 e. The van der Waals surface area contributed by atoms with Crippen LogP contribution in [0.4, 0.5) is 0 Å². The maximum atomic E-state index is 11.6. The second-order valence-electron chi connectivity index (χ2n) is 3.65. The lowest BCUT2D eigenvalue weighted by Gasteiger charge is -2.04. The van der Waals surface area contributed by atoms with Gasteiger partial charge >= 0.3 is 5.97 Å². The number of carboxylic acid groups (broad SMARTS) is 1. The van der Waals surface area contributed by atoms with Crippen LogP contribution >= 0.6 is 0 Å². The number of ether oxygens (including phenoxy) is 1. The maximum absolute atomic E-state index is 11.6. The van der Waals surface area contributed by atoms with Crippen molar-refractivity contribution in [1.29, 1.82) is 0 Å². The van der Waals surface area contributed by atoms with Crippen LogP contribution in [0.1, 0.15) is 5.56 Å². The monoisotopic (exact) mass is 233 g/mol. The Balaban J connectivity index is 2.58. The van der Waals surface area contributed by atoms with Gasteiger partial charge in [0.15, 0.2) is 0 Å². The van der Waals surface area contributed by atoms with Gasteiger partial charge in [-0.2, -0.15) is 0 Å². The number of aromatic nitrogens is 1. The molecule has 2 rings (SSSR count). The summed E-state index contributed by atoms with van der Waals surface area (Å²) in [6, 6.07) is 6.81. The first-order valence-corrected chi connectivity index (χ1v) is 5.02. The van der Waals surface area contributed by atoms with Crippen molar-refractivity contribution in [2.45, 2.75) is 6.42 Å². The third kappa shape index (κ3) is 2.28. The van der Waals surface area contributed by atoms with Crippen molar-refractivity contribution in [1.82, 2.24) is 4.98 Å². The minimum absolute atomic E-state index is 0.246. The number of H-pyrrole nitrogens is 1. The molecule has 0 bridgehead atoms. The topological polar surface area (TPSA) is 79.4 Å². The van der Waals surface area contributed by atoms with Crippen molar-refractivity contribution in [3.63, 3.8) is 0 Å². The second-order valence-corrected chi connectivity index (χ2v) is 3.65. The number of aliphatic carboxylic acids is 1. The van der Waals surface area contributed by atoms with E-state index in [4.69, 9.17) is 9.84 Å². The number of hydrogen-bond acceptors (Lipinski definition) is 3. The van der Waals surface area contributed by atoms with Gasteiger partial charge in [-0.1, -0.05) is 0 Å². The van der Waals surface area contributed by atoms with E-state index in [-0.39, 0.29) is 17.5 Å². The molecule has 1 heterocycles. The molecule has 0 spiro atoms. The number of benzene rings is 1. The van der Waals surface area contributed by atoms with Gasteiger partial charge in [0.25, 0.3) is 5.56 Å². The van der Waals surface area contributed by atoms with Crippen LogP contribution in [0.2, 0.25) is 0 Å². The summed E-state index contributed by atoms with van der Waals surface area (Å²) < 4.78 is 5.04. The van der Waals surface area contributed by atoms with E-state index in [0.29, 0.717) is 11.3 Å². The van der Waals surface area contributed by atoms with E-state index in [2.05, 4.69) is 4.98 Å². The summed E-state index contributed by atoms with van der Waals surface area (Å²) in [5.41, 5.74) is 0.492. The van der Waals surface area contributed by atoms with Gasteiger partial charge < -0.3 is 14.8 Å². The first-order valence-electron chi connectivity index (χ1n) is 5.02. The van der Waals surface area contributed by atoms with Gasteiger partial charge in [-0.25, -0.2) is 0 Å². The Morgan fingerprint density at radius 1 is 1.41 bits per heavy atom. The van der Waals surface area contributed by atoms with Crippen molar-refractivity contribution < 1.29 is 14.6 Å². The second kappa shape index (κ2) is 4.29. The average Bonchev–Trinajstić information content (AvgIpc) is 2.29. The highest BCUT2D eigenvalue weighted by Gasteiger charge is 2.07. The number of rotatable bonds is 3. The first-order chi connectivity index (χ1) is 8.10. The molecule has 5 nitrogen and oxygen atoms in total. The lowest BCUT2D eigenvalue weighted by molar-refractivity contribution is -0.136. The molecule has 0 saturated carbocycles.